The summed E-state index contributed by atoms with van der Waals surface area (Å²) in [6.45, 7) is 1.72. The van der Waals surface area contributed by atoms with E-state index in [4.69, 9.17) is 9.47 Å². The number of ether oxygens (including phenoxy) is 2. The summed E-state index contributed by atoms with van der Waals surface area (Å²) in [5, 5.41) is 17.8. The van der Waals surface area contributed by atoms with Crippen LogP contribution in [0.1, 0.15) is 48.8 Å². The number of likely N-dealkylation sites (N-methyl/N-ethyl adjacent to an activating group) is 1. The lowest BCUT2D eigenvalue weighted by molar-refractivity contribution is -0.137. The normalized spacial score (nSPS) is 19.8. The molecule has 1 saturated carbocycles. The SMILES string of the molecule is COCOc1cc(C(F)(F)F)ccc1-c1nnc2c(nnn2[C@@H]2CCCN(C)C2)c1C1CC1. The summed E-state index contributed by atoms with van der Waals surface area (Å²) in [5.74, 6) is 0.262. The highest BCUT2D eigenvalue weighted by atomic mass is 19.4. The highest BCUT2D eigenvalue weighted by molar-refractivity contribution is 5.84. The Balaban J connectivity index is 1.62. The number of hydrogen-bond acceptors (Lipinski definition) is 7. The van der Waals surface area contributed by atoms with Crippen molar-refractivity contribution < 1.29 is 22.6 Å². The van der Waals surface area contributed by atoms with Gasteiger partial charge in [-0.15, -0.1) is 15.3 Å². The number of benzene rings is 1. The van der Waals surface area contributed by atoms with Crippen LogP contribution in [0.2, 0.25) is 0 Å². The Kier molecular flexibility index (Phi) is 5.69. The van der Waals surface area contributed by atoms with Crippen molar-refractivity contribution in [1.82, 2.24) is 30.1 Å². The second-order valence-electron chi connectivity index (χ2n) is 8.76. The van der Waals surface area contributed by atoms with Gasteiger partial charge in [0.2, 0.25) is 5.65 Å². The van der Waals surface area contributed by atoms with Crippen LogP contribution in [-0.2, 0) is 10.9 Å². The van der Waals surface area contributed by atoms with Gasteiger partial charge >= 0.3 is 6.18 Å². The average Bonchev–Trinajstić information content (AvgIpc) is 3.54. The highest BCUT2D eigenvalue weighted by Gasteiger charge is 2.35. The van der Waals surface area contributed by atoms with E-state index >= 15 is 0 Å². The summed E-state index contributed by atoms with van der Waals surface area (Å²) >= 11 is 0. The Bertz CT molecular complexity index is 1160. The van der Waals surface area contributed by atoms with Crippen LogP contribution in [-0.4, -0.2) is 64.1 Å². The van der Waals surface area contributed by atoms with E-state index in [1.165, 1.54) is 13.2 Å². The summed E-state index contributed by atoms with van der Waals surface area (Å²) in [6, 6.07) is 3.56. The zero-order chi connectivity index (χ0) is 23.2. The first-order chi connectivity index (χ1) is 15.9. The summed E-state index contributed by atoms with van der Waals surface area (Å²) < 4.78 is 52.3. The number of fused-ring (bicyclic) bond motifs is 1. The van der Waals surface area contributed by atoms with Gasteiger partial charge in [0.1, 0.15) is 17.0 Å². The minimum atomic E-state index is -4.49. The van der Waals surface area contributed by atoms with Crippen molar-refractivity contribution in [2.24, 2.45) is 0 Å². The van der Waals surface area contributed by atoms with E-state index < -0.39 is 11.7 Å². The maximum Gasteiger partial charge on any atom is 0.416 e. The van der Waals surface area contributed by atoms with E-state index in [-0.39, 0.29) is 24.5 Å². The van der Waals surface area contributed by atoms with Gasteiger partial charge < -0.3 is 14.4 Å². The first-order valence-electron chi connectivity index (χ1n) is 11.0. The van der Waals surface area contributed by atoms with Crippen molar-refractivity contribution in [3.8, 4) is 17.0 Å². The summed E-state index contributed by atoms with van der Waals surface area (Å²) in [6.07, 6.45) is -0.522. The molecule has 0 unspecified atom stereocenters. The maximum absolute atomic E-state index is 13.3. The molecule has 1 saturated heterocycles. The third-order valence-corrected chi connectivity index (χ3v) is 6.25. The fourth-order valence-corrected chi connectivity index (χ4v) is 4.50. The highest BCUT2D eigenvalue weighted by Crippen LogP contribution is 2.48. The summed E-state index contributed by atoms with van der Waals surface area (Å²) in [7, 11) is 3.49. The Hall–Kier alpha value is -2.79. The standard InChI is InChI=1S/C22H25F3N6O2/c1-30-9-3-4-15(11-30)31-21-20(27-29-31)18(13-5-6-13)19(26-28-21)16-8-7-14(22(23,24)25)10-17(16)33-12-32-2/h7-8,10,13,15H,3-6,9,11-12H2,1-2H3/t15-/m1/s1. The zero-order valence-corrected chi connectivity index (χ0v) is 18.5. The monoisotopic (exact) mass is 462 g/mol. The quantitative estimate of drug-likeness (QED) is 0.512. The van der Waals surface area contributed by atoms with Gasteiger partial charge in [-0.05, 0) is 63.4 Å². The molecule has 33 heavy (non-hydrogen) atoms. The van der Waals surface area contributed by atoms with Crippen LogP contribution in [0, 0.1) is 0 Å². The van der Waals surface area contributed by atoms with Crippen molar-refractivity contribution in [2.75, 3.05) is 34.0 Å². The molecule has 5 rings (SSSR count). The molecule has 1 atom stereocenters. The number of aromatic nitrogens is 5. The van der Waals surface area contributed by atoms with E-state index in [9.17, 15) is 13.2 Å². The van der Waals surface area contributed by atoms with E-state index in [0.29, 0.717) is 22.4 Å². The van der Waals surface area contributed by atoms with Gasteiger partial charge in [-0.1, -0.05) is 5.21 Å². The largest absolute Gasteiger partial charge is 0.467 e. The molecule has 0 bridgehead atoms. The maximum atomic E-state index is 13.3. The molecule has 2 aromatic heterocycles. The van der Waals surface area contributed by atoms with Crippen molar-refractivity contribution >= 4 is 11.2 Å². The fraction of sp³-hybridized carbons (Fsp3) is 0.545. The summed E-state index contributed by atoms with van der Waals surface area (Å²) in [4.78, 5) is 2.26. The van der Waals surface area contributed by atoms with Gasteiger partial charge in [0.05, 0.1) is 11.6 Å². The van der Waals surface area contributed by atoms with Crippen LogP contribution < -0.4 is 4.74 Å². The molecule has 3 aromatic rings. The van der Waals surface area contributed by atoms with Crippen molar-refractivity contribution in [3.05, 3.63) is 29.3 Å². The van der Waals surface area contributed by atoms with Crippen molar-refractivity contribution in [2.45, 2.75) is 43.8 Å². The molecule has 11 heteroatoms. The molecule has 2 aliphatic rings. The minimum absolute atomic E-state index is 0.0449. The molecule has 8 nitrogen and oxygen atoms in total. The number of hydrogen-bond donors (Lipinski definition) is 0. The number of nitrogens with zero attached hydrogens (tertiary/aromatic N) is 6. The average molecular weight is 462 g/mol. The molecular weight excluding hydrogens is 437 g/mol. The third kappa shape index (κ3) is 4.26. The Morgan fingerprint density at radius 1 is 1.12 bits per heavy atom. The van der Waals surface area contributed by atoms with Crippen molar-refractivity contribution in [3.63, 3.8) is 0 Å². The van der Waals surface area contributed by atoms with E-state index in [1.54, 1.807) is 0 Å². The Morgan fingerprint density at radius 3 is 2.64 bits per heavy atom. The lowest BCUT2D eigenvalue weighted by atomic mass is 9.99. The molecule has 0 radical (unpaired) electrons. The lowest BCUT2D eigenvalue weighted by Gasteiger charge is -2.29. The second kappa shape index (κ2) is 8.53. The molecule has 1 aromatic carbocycles. The minimum Gasteiger partial charge on any atom is -0.467 e. The van der Waals surface area contributed by atoms with Crippen molar-refractivity contribution in [1.29, 1.82) is 0 Å². The van der Waals surface area contributed by atoms with Gasteiger partial charge in [0.15, 0.2) is 6.79 Å². The van der Waals surface area contributed by atoms with E-state index in [1.807, 2.05) is 4.68 Å². The number of likely N-dealkylation sites (tertiary alicyclic amines) is 1. The predicted molar refractivity (Wildman–Crippen MR) is 114 cm³/mol. The van der Waals surface area contributed by atoms with Crippen LogP contribution in [0.25, 0.3) is 22.4 Å². The molecule has 1 aliphatic heterocycles. The Labute approximate surface area is 188 Å². The molecule has 3 heterocycles. The zero-order valence-electron chi connectivity index (χ0n) is 18.5. The van der Waals surface area contributed by atoms with E-state index in [2.05, 4.69) is 32.5 Å². The van der Waals surface area contributed by atoms with Crippen LogP contribution in [0.4, 0.5) is 13.2 Å². The molecule has 0 spiro atoms. The molecule has 0 N–H and O–H groups in total. The number of methoxy groups -OCH3 is 1. The number of piperidine rings is 1. The predicted octanol–water partition coefficient (Wildman–Crippen LogP) is 4.03. The number of halogens is 3. The van der Waals surface area contributed by atoms with Crippen LogP contribution in [0.3, 0.4) is 0 Å². The first kappa shape index (κ1) is 22.0. The van der Waals surface area contributed by atoms with E-state index in [0.717, 1.165) is 56.5 Å². The third-order valence-electron chi connectivity index (χ3n) is 6.25. The van der Waals surface area contributed by atoms with Gasteiger partial charge in [-0.3, -0.25) is 0 Å². The van der Waals surface area contributed by atoms with Gasteiger partial charge in [-0.2, -0.15) is 13.2 Å². The van der Waals surface area contributed by atoms with Gasteiger partial charge in [0, 0.05) is 24.8 Å². The van der Waals surface area contributed by atoms with Gasteiger partial charge in [-0.25, -0.2) is 4.68 Å². The molecule has 176 valence electrons. The number of alkyl halides is 3. The molecule has 2 fully saturated rings. The summed E-state index contributed by atoms with van der Waals surface area (Å²) in [5.41, 5.74) is 2.27. The molecule has 0 amide bonds. The molecular formula is C22H25F3N6O2. The van der Waals surface area contributed by atoms with Crippen LogP contribution in [0.5, 0.6) is 5.75 Å². The fourth-order valence-electron chi connectivity index (χ4n) is 4.50. The van der Waals surface area contributed by atoms with Gasteiger partial charge in [0.25, 0.3) is 0 Å². The second-order valence-corrected chi connectivity index (χ2v) is 8.76. The van der Waals surface area contributed by atoms with Crippen LogP contribution >= 0.6 is 0 Å². The number of rotatable bonds is 6. The molecule has 1 aliphatic carbocycles. The lowest BCUT2D eigenvalue weighted by Crippen LogP contribution is -2.34. The Morgan fingerprint density at radius 2 is 1.94 bits per heavy atom. The topological polar surface area (TPSA) is 78.2 Å². The van der Waals surface area contributed by atoms with Crippen LogP contribution in [0.15, 0.2) is 18.2 Å². The first-order valence-corrected chi connectivity index (χ1v) is 11.0. The smallest absolute Gasteiger partial charge is 0.416 e.